The molecule has 1 heterocycles. The van der Waals surface area contributed by atoms with Crippen LogP contribution in [0.4, 0.5) is 4.39 Å². The van der Waals surface area contributed by atoms with Crippen molar-refractivity contribution in [2.75, 3.05) is 6.61 Å². The Kier molecular flexibility index (Phi) is 5.37. The lowest BCUT2D eigenvalue weighted by Crippen LogP contribution is -2.19. The van der Waals surface area contributed by atoms with Crippen molar-refractivity contribution in [3.8, 4) is 0 Å². The number of aryl methyl sites for hydroxylation is 1. The Balaban J connectivity index is 1.44. The largest absolute Gasteiger partial charge is 0.384 e. The molecular weight excluding hydrogens is 431 g/mol. The van der Waals surface area contributed by atoms with Crippen LogP contribution in [0.1, 0.15) is 52.4 Å². The van der Waals surface area contributed by atoms with Crippen molar-refractivity contribution in [3.63, 3.8) is 0 Å². The maximum Gasteiger partial charge on any atom is 0.297 e. The van der Waals surface area contributed by atoms with Gasteiger partial charge in [-0.05, 0) is 59.9 Å². The number of fused-ring (bicyclic) bond motifs is 5. The topological polar surface area (TPSA) is 72.8 Å². The lowest BCUT2D eigenvalue weighted by molar-refractivity contribution is 0.0152. The maximum absolute atomic E-state index is 14.1. The van der Waals surface area contributed by atoms with Gasteiger partial charge in [0.05, 0.1) is 23.7 Å². The van der Waals surface area contributed by atoms with Gasteiger partial charge in [-0.2, -0.15) is 8.42 Å². The summed E-state index contributed by atoms with van der Waals surface area (Å²) in [5, 5.41) is 11.0. The molecule has 1 aliphatic carbocycles. The van der Waals surface area contributed by atoms with E-state index < -0.39 is 34.2 Å². The molecule has 32 heavy (non-hydrogen) atoms. The number of hydrogen-bond donors (Lipinski definition) is 1. The van der Waals surface area contributed by atoms with Gasteiger partial charge >= 0.3 is 0 Å². The highest BCUT2D eigenvalue weighted by Gasteiger charge is 2.43. The van der Waals surface area contributed by atoms with Crippen LogP contribution >= 0.6 is 0 Å². The van der Waals surface area contributed by atoms with Crippen molar-refractivity contribution < 1.29 is 26.8 Å². The van der Waals surface area contributed by atoms with E-state index >= 15 is 0 Å². The Morgan fingerprint density at radius 1 is 1.00 bits per heavy atom. The lowest BCUT2D eigenvalue weighted by atomic mass is 9.87. The predicted molar refractivity (Wildman–Crippen MR) is 116 cm³/mol. The first-order valence-electron chi connectivity index (χ1n) is 10.5. The molecule has 3 aromatic carbocycles. The van der Waals surface area contributed by atoms with Gasteiger partial charge in [0.25, 0.3) is 10.1 Å². The van der Waals surface area contributed by atoms with Gasteiger partial charge in [-0.15, -0.1) is 0 Å². The van der Waals surface area contributed by atoms with E-state index in [1.165, 1.54) is 24.3 Å². The minimum Gasteiger partial charge on any atom is -0.384 e. The Morgan fingerprint density at radius 3 is 2.44 bits per heavy atom. The summed E-state index contributed by atoms with van der Waals surface area (Å²) in [6.45, 7) is 1.74. The summed E-state index contributed by atoms with van der Waals surface area (Å²) in [6.07, 6.45) is -1.39. The zero-order chi connectivity index (χ0) is 22.5. The maximum atomic E-state index is 14.1. The van der Waals surface area contributed by atoms with E-state index in [0.29, 0.717) is 17.5 Å². The lowest BCUT2D eigenvalue weighted by Gasteiger charge is -2.19. The predicted octanol–water partition coefficient (Wildman–Crippen LogP) is 4.55. The molecule has 0 radical (unpaired) electrons. The summed E-state index contributed by atoms with van der Waals surface area (Å²) in [6, 6.07) is 18.3. The summed E-state index contributed by atoms with van der Waals surface area (Å²) >= 11 is 0. The zero-order valence-corrected chi connectivity index (χ0v) is 18.3. The molecule has 0 unspecified atom stereocenters. The van der Waals surface area contributed by atoms with E-state index in [0.717, 1.165) is 16.7 Å². The fraction of sp³-hybridized carbons (Fsp3) is 0.280. The first kappa shape index (κ1) is 21.3. The molecule has 0 spiro atoms. The molecular formula is C25H23FO5S. The summed E-state index contributed by atoms with van der Waals surface area (Å²) in [7, 11) is -3.92. The molecule has 0 aromatic heterocycles. The second-order valence-corrected chi connectivity index (χ2v) is 9.99. The highest BCUT2D eigenvalue weighted by Crippen LogP contribution is 2.51. The number of rotatable bonds is 4. The van der Waals surface area contributed by atoms with E-state index in [1.807, 2.05) is 31.2 Å². The third-order valence-corrected chi connectivity index (χ3v) is 7.58. The van der Waals surface area contributed by atoms with Crippen molar-refractivity contribution >= 4 is 10.1 Å². The van der Waals surface area contributed by atoms with Crippen LogP contribution in [0.5, 0.6) is 0 Å². The number of aliphatic hydroxyl groups is 1. The number of aliphatic hydroxyl groups excluding tert-OH is 1. The first-order valence-corrected chi connectivity index (χ1v) is 11.9. The van der Waals surface area contributed by atoms with Gasteiger partial charge in [-0.1, -0.05) is 48.0 Å². The molecule has 0 amide bonds. The van der Waals surface area contributed by atoms with Crippen LogP contribution in [-0.4, -0.2) is 26.2 Å². The van der Waals surface area contributed by atoms with Gasteiger partial charge in [0.15, 0.2) is 0 Å². The third kappa shape index (κ3) is 3.75. The standard InChI is InChI=1S/C25H23FO5S/c1-15-6-9-18(10-7-15)32(28,29)30-14-17-13-23-19-4-2-3-5-20(19)24(27)21-11-8-16(26)12-22(21)25(23)31-17/h2-12,17,23-25,27H,13-14H2,1H3/t17-,23-,24-,25-/m1/s1. The van der Waals surface area contributed by atoms with Crippen molar-refractivity contribution in [1.82, 2.24) is 0 Å². The van der Waals surface area contributed by atoms with Crippen LogP contribution in [0, 0.1) is 12.7 Å². The van der Waals surface area contributed by atoms with Crippen molar-refractivity contribution in [2.45, 2.75) is 42.5 Å². The van der Waals surface area contributed by atoms with Crippen molar-refractivity contribution in [1.29, 1.82) is 0 Å². The normalized spacial score (nSPS) is 24.3. The second-order valence-electron chi connectivity index (χ2n) is 8.38. The zero-order valence-electron chi connectivity index (χ0n) is 17.4. The molecule has 1 fully saturated rings. The average Bonchev–Trinajstić information content (AvgIpc) is 3.18. The SMILES string of the molecule is Cc1ccc(S(=O)(=O)OC[C@H]2C[C@@H]3c4ccccc4[C@@H](O)c4ccc(F)cc4[C@H]3O2)cc1. The Hall–Kier alpha value is -2.58. The molecule has 1 saturated heterocycles. The molecule has 4 atom stereocenters. The molecule has 2 aliphatic rings. The van der Waals surface area contributed by atoms with Gasteiger partial charge in [0.2, 0.25) is 0 Å². The number of benzene rings is 3. The minimum absolute atomic E-state index is 0.0937. The van der Waals surface area contributed by atoms with Gasteiger partial charge < -0.3 is 9.84 Å². The summed E-state index contributed by atoms with van der Waals surface area (Å²) in [5.41, 5.74) is 3.81. The smallest absolute Gasteiger partial charge is 0.297 e. The number of halogens is 1. The highest BCUT2D eigenvalue weighted by molar-refractivity contribution is 7.86. The number of ether oxygens (including phenoxy) is 1. The highest BCUT2D eigenvalue weighted by atomic mass is 32.2. The van der Waals surface area contributed by atoms with E-state index in [2.05, 4.69) is 0 Å². The van der Waals surface area contributed by atoms with E-state index in [9.17, 15) is 17.9 Å². The van der Waals surface area contributed by atoms with Crippen LogP contribution in [0.2, 0.25) is 0 Å². The molecule has 3 aromatic rings. The number of hydrogen-bond acceptors (Lipinski definition) is 5. The molecule has 166 valence electrons. The van der Waals surface area contributed by atoms with Gasteiger partial charge in [-0.25, -0.2) is 4.39 Å². The van der Waals surface area contributed by atoms with E-state index in [-0.39, 0.29) is 17.4 Å². The van der Waals surface area contributed by atoms with Crippen LogP contribution in [0.15, 0.2) is 71.6 Å². The average molecular weight is 455 g/mol. The third-order valence-electron chi connectivity index (χ3n) is 6.28. The van der Waals surface area contributed by atoms with Crippen molar-refractivity contribution in [2.24, 2.45) is 0 Å². The van der Waals surface area contributed by atoms with E-state index in [1.54, 1.807) is 18.2 Å². The van der Waals surface area contributed by atoms with Crippen molar-refractivity contribution in [3.05, 3.63) is 100 Å². The molecule has 5 nitrogen and oxygen atoms in total. The summed E-state index contributed by atoms with van der Waals surface area (Å²) < 4.78 is 50.8. The molecule has 1 aliphatic heterocycles. The Bertz CT molecular complexity index is 1260. The van der Waals surface area contributed by atoms with Gasteiger partial charge in [0, 0.05) is 5.92 Å². The molecule has 1 N–H and O–H groups in total. The van der Waals surface area contributed by atoms with Crippen LogP contribution < -0.4 is 0 Å². The molecule has 0 saturated carbocycles. The molecule has 7 heteroatoms. The molecule has 5 rings (SSSR count). The van der Waals surface area contributed by atoms with E-state index in [4.69, 9.17) is 8.92 Å². The fourth-order valence-electron chi connectivity index (χ4n) is 4.70. The Labute approximate surface area is 186 Å². The second kappa shape index (κ2) is 8.08. The monoisotopic (exact) mass is 454 g/mol. The van der Waals surface area contributed by atoms with Gasteiger partial charge in [0.1, 0.15) is 11.9 Å². The van der Waals surface area contributed by atoms with Gasteiger partial charge in [-0.3, -0.25) is 4.18 Å². The fourth-order valence-corrected chi connectivity index (χ4v) is 5.63. The summed E-state index contributed by atoms with van der Waals surface area (Å²) in [4.78, 5) is 0.0937. The quantitative estimate of drug-likeness (QED) is 0.586. The minimum atomic E-state index is -3.92. The first-order chi connectivity index (χ1) is 15.3. The van der Waals surface area contributed by atoms with Crippen LogP contribution in [0.25, 0.3) is 0 Å². The summed E-state index contributed by atoms with van der Waals surface area (Å²) in [5.74, 6) is -0.564. The van der Waals surface area contributed by atoms with Crippen LogP contribution in [0.3, 0.4) is 0 Å². The Morgan fingerprint density at radius 2 is 1.69 bits per heavy atom. The molecule has 0 bridgehead atoms. The van der Waals surface area contributed by atoms with Crippen LogP contribution in [-0.2, 0) is 19.0 Å².